The number of likely N-dealkylation sites (tertiary alicyclic amines) is 1. The molecule has 1 aliphatic rings. The van der Waals surface area contributed by atoms with Crippen LogP contribution in [0.1, 0.15) is 26.2 Å². The van der Waals surface area contributed by atoms with Crippen molar-refractivity contribution in [2.45, 2.75) is 32.2 Å². The molecule has 19 heavy (non-hydrogen) atoms. The quantitative estimate of drug-likeness (QED) is 0.877. The Labute approximate surface area is 119 Å². The lowest BCUT2D eigenvalue weighted by Gasteiger charge is -2.29. The summed E-state index contributed by atoms with van der Waals surface area (Å²) in [5, 5.41) is 2.98. The minimum Gasteiger partial charge on any atom is -0.357 e. The van der Waals surface area contributed by atoms with Gasteiger partial charge in [-0.1, -0.05) is 0 Å². The number of rotatable bonds is 3. The third-order valence-electron chi connectivity index (χ3n) is 3.19. The molecule has 0 spiro atoms. The molecule has 1 aliphatic heterocycles. The number of H-pyrrole nitrogens is 1. The Balaban J connectivity index is 2.03. The van der Waals surface area contributed by atoms with Crippen LogP contribution in [0.2, 0.25) is 0 Å². The maximum atomic E-state index is 12.2. The predicted molar refractivity (Wildman–Crippen MR) is 76.1 cm³/mol. The molecule has 1 fully saturated rings. The maximum absolute atomic E-state index is 12.2. The van der Waals surface area contributed by atoms with Crippen molar-refractivity contribution in [3.05, 3.63) is 21.2 Å². The van der Waals surface area contributed by atoms with Gasteiger partial charge in [0.05, 0.1) is 6.33 Å². The second-order valence-corrected chi connectivity index (χ2v) is 5.44. The molecule has 0 radical (unpaired) electrons. The summed E-state index contributed by atoms with van der Waals surface area (Å²) >= 11 is 3.16. The number of nitrogens with zero attached hydrogens (tertiary/aromatic N) is 2. The summed E-state index contributed by atoms with van der Waals surface area (Å²) in [6, 6.07) is -0.399. The number of aromatic nitrogens is 2. The van der Waals surface area contributed by atoms with Crippen LogP contribution >= 0.6 is 15.9 Å². The molecule has 6 nitrogen and oxygen atoms in total. The number of piperidine rings is 1. The number of hydrogen-bond acceptors (Lipinski definition) is 4. The number of hydrogen-bond donors (Lipinski definition) is 2. The molecule has 0 aliphatic carbocycles. The minimum absolute atomic E-state index is 0.0497. The molecule has 1 amide bonds. The smallest absolute Gasteiger partial charge is 0.267 e. The van der Waals surface area contributed by atoms with Gasteiger partial charge in [-0.3, -0.25) is 9.59 Å². The molecule has 2 rings (SSSR count). The van der Waals surface area contributed by atoms with Crippen molar-refractivity contribution in [2.24, 2.45) is 0 Å². The Kier molecular flexibility index (Phi) is 4.57. The van der Waals surface area contributed by atoms with E-state index in [1.54, 1.807) is 6.92 Å². The zero-order valence-electron chi connectivity index (χ0n) is 10.8. The molecular formula is C12H17BrN4O2. The Hall–Kier alpha value is -1.37. The zero-order valence-corrected chi connectivity index (χ0v) is 12.4. The average molecular weight is 329 g/mol. The van der Waals surface area contributed by atoms with Crippen LogP contribution in [0.25, 0.3) is 0 Å². The molecule has 0 saturated carbocycles. The largest absolute Gasteiger partial charge is 0.357 e. The predicted octanol–water partition coefficient (Wildman–Crippen LogP) is 1.35. The first-order valence-corrected chi connectivity index (χ1v) is 7.17. The normalized spacial score (nSPS) is 17.1. The molecule has 0 bridgehead atoms. The van der Waals surface area contributed by atoms with E-state index in [4.69, 9.17) is 0 Å². The number of aromatic amines is 1. The number of anilines is 1. The van der Waals surface area contributed by atoms with Crippen LogP contribution in [0.4, 0.5) is 5.82 Å². The number of carbonyl (C=O) groups excluding carboxylic acids is 1. The molecule has 2 N–H and O–H groups in total. The Morgan fingerprint density at radius 1 is 1.47 bits per heavy atom. The molecule has 104 valence electrons. The third kappa shape index (κ3) is 3.34. The lowest BCUT2D eigenvalue weighted by molar-refractivity contribution is -0.132. The van der Waals surface area contributed by atoms with Crippen molar-refractivity contribution in [2.75, 3.05) is 18.4 Å². The van der Waals surface area contributed by atoms with Gasteiger partial charge in [0.1, 0.15) is 16.3 Å². The topological polar surface area (TPSA) is 78.1 Å². The minimum atomic E-state index is -0.399. The lowest BCUT2D eigenvalue weighted by atomic mass is 10.1. The fraction of sp³-hybridized carbons (Fsp3) is 0.583. The van der Waals surface area contributed by atoms with Crippen molar-refractivity contribution >= 4 is 27.7 Å². The fourth-order valence-electron chi connectivity index (χ4n) is 2.14. The molecule has 1 unspecified atom stereocenters. The van der Waals surface area contributed by atoms with Gasteiger partial charge >= 0.3 is 0 Å². The second kappa shape index (κ2) is 6.18. The average Bonchev–Trinajstić information content (AvgIpc) is 2.44. The highest BCUT2D eigenvalue weighted by Gasteiger charge is 2.23. The van der Waals surface area contributed by atoms with E-state index in [0.717, 1.165) is 25.9 Å². The zero-order chi connectivity index (χ0) is 13.8. The fourth-order valence-corrected chi connectivity index (χ4v) is 2.47. The summed E-state index contributed by atoms with van der Waals surface area (Å²) < 4.78 is 0.313. The van der Waals surface area contributed by atoms with Crippen molar-refractivity contribution in [1.82, 2.24) is 14.9 Å². The third-order valence-corrected chi connectivity index (χ3v) is 3.92. The van der Waals surface area contributed by atoms with Crippen LogP contribution in [0.3, 0.4) is 0 Å². The summed E-state index contributed by atoms with van der Waals surface area (Å²) in [7, 11) is 0. The lowest BCUT2D eigenvalue weighted by Crippen LogP contribution is -2.44. The van der Waals surface area contributed by atoms with E-state index >= 15 is 0 Å². The molecule has 1 aromatic heterocycles. The Morgan fingerprint density at radius 2 is 2.16 bits per heavy atom. The summed E-state index contributed by atoms with van der Waals surface area (Å²) in [6.07, 6.45) is 4.62. The van der Waals surface area contributed by atoms with E-state index in [0.29, 0.717) is 10.3 Å². The van der Waals surface area contributed by atoms with Crippen LogP contribution in [0.15, 0.2) is 15.6 Å². The second-order valence-electron chi connectivity index (χ2n) is 4.65. The molecule has 0 aromatic carbocycles. The van der Waals surface area contributed by atoms with Crippen LogP contribution in [-0.4, -0.2) is 39.9 Å². The van der Waals surface area contributed by atoms with Gasteiger partial charge in [0.15, 0.2) is 0 Å². The van der Waals surface area contributed by atoms with E-state index in [1.807, 2.05) is 4.90 Å². The van der Waals surface area contributed by atoms with E-state index in [2.05, 4.69) is 31.2 Å². The van der Waals surface area contributed by atoms with E-state index in [-0.39, 0.29) is 11.5 Å². The van der Waals surface area contributed by atoms with Gasteiger partial charge in [-0.05, 0) is 42.1 Å². The van der Waals surface area contributed by atoms with Crippen molar-refractivity contribution in [1.29, 1.82) is 0 Å². The van der Waals surface area contributed by atoms with Gasteiger partial charge in [0.25, 0.3) is 5.56 Å². The van der Waals surface area contributed by atoms with Crippen LogP contribution in [0.5, 0.6) is 0 Å². The van der Waals surface area contributed by atoms with Gasteiger partial charge in [0, 0.05) is 13.1 Å². The monoisotopic (exact) mass is 328 g/mol. The summed E-state index contributed by atoms with van der Waals surface area (Å²) in [4.78, 5) is 32.0. The van der Waals surface area contributed by atoms with Gasteiger partial charge in [-0.25, -0.2) is 4.98 Å². The van der Waals surface area contributed by atoms with E-state index < -0.39 is 6.04 Å². The van der Waals surface area contributed by atoms with Crippen molar-refractivity contribution in [3.63, 3.8) is 0 Å². The van der Waals surface area contributed by atoms with Gasteiger partial charge in [-0.2, -0.15) is 0 Å². The maximum Gasteiger partial charge on any atom is 0.267 e. The summed E-state index contributed by atoms with van der Waals surface area (Å²) in [5.41, 5.74) is -0.268. The Bertz CT molecular complexity index is 511. The number of nitrogens with one attached hydrogen (secondary N) is 2. The first-order chi connectivity index (χ1) is 9.09. The van der Waals surface area contributed by atoms with Crippen molar-refractivity contribution < 1.29 is 4.79 Å². The highest BCUT2D eigenvalue weighted by molar-refractivity contribution is 9.10. The number of amides is 1. The molecule has 7 heteroatoms. The number of halogens is 1. The first kappa shape index (κ1) is 14.0. The van der Waals surface area contributed by atoms with Crippen LogP contribution in [0, 0.1) is 0 Å². The standard InChI is InChI=1S/C12H17BrN4O2/c1-8(12(19)17-5-3-2-4-6-17)16-10-9(13)11(18)15-7-14-10/h7-8H,2-6H2,1H3,(H2,14,15,16,18). The molecule has 2 heterocycles. The molecule has 1 atom stereocenters. The van der Waals surface area contributed by atoms with Crippen LogP contribution < -0.4 is 10.9 Å². The highest BCUT2D eigenvalue weighted by Crippen LogP contribution is 2.16. The Morgan fingerprint density at radius 3 is 2.84 bits per heavy atom. The van der Waals surface area contributed by atoms with Crippen molar-refractivity contribution in [3.8, 4) is 0 Å². The molecular weight excluding hydrogens is 312 g/mol. The SMILES string of the molecule is CC(Nc1nc[nH]c(=O)c1Br)C(=O)N1CCCCC1. The number of carbonyl (C=O) groups is 1. The van der Waals surface area contributed by atoms with Gasteiger partial charge in [-0.15, -0.1) is 0 Å². The summed E-state index contributed by atoms with van der Waals surface area (Å²) in [6.45, 7) is 3.41. The van der Waals surface area contributed by atoms with E-state index in [1.165, 1.54) is 12.7 Å². The van der Waals surface area contributed by atoms with Crippen LogP contribution in [-0.2, 0) is 4.79 Å². The molecule has 1 aromatic rings. The van der Waals surface area contributed by atoms with Gasteiger partial charge in [0.2, 0.25) is 5.91 Å². The van der Waals surface area contributed by atoms with E-state index in [9.17, 15) is 9.59 Å². The summed E-state index contributed by atoms with van der Waals surface area (Å²) in [5.74, 6) is 0.440. The highest BCUT2D eigenvalue weighted by atomic mass is 79.9. The molecule has 1 saturated heterocycles. The van der Waals surface area contributed by atoms with Gasteiger partial charge < -0.3 is 15.2 Å². The first-order valence-electron chi connectivity index (χ1n) is 6.38.